The molecular weight excluding hydrogens is 277 g/mol. The summed E-state index contributed by atoms with van der Waals surface area (Å²) in [5.41, 5.74) is 5.88. The maximum atomic E-state index is 6.17. The van der Waals surface area contributed by atoms with Crippen molar-refractivity contribution >= 4 is 23.2 Å². The van der Waals surface area contributed by atoms with Gasteiger partial charge in [-0.3, -0.25) is 0 Å². The molecule has 0 aliphatic heterocycles. The fourth-order valence-corrected chi connectivity index (χ4v) is 2.65. The molecule has 1 nitrogen and oxygen atoms in total. The zero-order valence-electron chi connectivity index (χ0n) is 11.3. The van der Waals surface area contributed by atoms with Crippen LogP contribution in [0.3, 0.4) is 0 Å². The Labute approximate surface area is 124 Å². The topological polar surface area (TPSA) is 12.0 Å². The van der Waals surface area contributed by atoms with E-state index in [2.05, 4.69) is 24.4 Å². The third kappa shape index (κ3) is 3.11. The Bertz CT molecular complexity index is 606. The van der Waals surface area contributed by atoms with Crippen molar-refractivity contribution in [2.45, 2.75) is 20.4 Å². The van der Waals surface area contributed by atoms with Gasteiger partial charge in [0.15, 0.2) is 0 Å². The minimum Gasteiger partial charge on any atom is -0.316 e. The SMILES string of the molecule is CNCc1cc(Cl)ccc1-c1cc(C)c(Cl)cc1C. The maximum Gasteiger partial charge on any atom is 0.0438 e. The first-order chi connectivity index (χ1) is 9.02. The van der Waals surface area contributed by atoms with Crippen molar-refractivity contribution in [2.75, 3.05) is 7.05 Å². The molecule has 0 atom stereocenters. The lowest BCUT2D eigenvalue weighted by Gasteiger charge is -2.14. The van der Waals surface area contributed by atoms with Crippen LogP contribution in [0.4, 0.5) is 0 Å². The molecule has 0 saturated carbocycles. The molecule has 0 aliphatic rings. The van der Waals surface area contributed by atoms with Crippen LogP contribution in [0.15, 0.2) is 30.3 Å². The Morgan fingerprint density at radius 2 is 1.68 bits per heavy atom. The average molecular weight is 294 g/mol. The lowest BCUT2D eigenvalue weighted by molar-refractivity contribution is 0.819. The van der Waals surface area contributed by atoms with Gasteiger partial charge in [0.25, 0.3) is 0 Å². The highest BCUT2D eigenvalue weighted by atomic mass is 35.5. The standard InChI is InChI=1S/C16H17Cl2N/c1-10-7-16(18)11(2)6-15(10)14-5-4-13(17)8-12(14)9-19-3/h4-8,19H,9H2,1-3H3. The molecule has 0 bridgehead atoms. The van der Waals surface area contributed by atoms with Crippen LogP contribution in [-0.2, 0) is 6.54 Å². The van der Waals surface area contributed by atoms with Crippen molar-refractivity contribution in [3.63, 3.8) is 0 Å². The van der Waals surface area contributed by atoms with E-state index in [0.29, 0.717) is 0 Å². The normalized spacial score (nSPS) is 10.8. The van der Waals surface area contributed by atoms with E-state index in [-0.39, 0.29) is 0 Å². The molecule has 0 unspecified atom stereocenters. The minimum absolute atomic E-state index is 0.761. The molecule has 0 aliphatic carbocycles. The highest BCUT2D eigenvalue weighted by Gasteiger charge is 2.10. The zero-order valence-corrected chi connectivity index (χ0v) is 12.9. The second-order valence-electron chi connectivity index (χ2n) is 4.75. The van der Waals surface area contributed by atoms with E-state index in [1.54, 1.807) is 0 Å². The van der Waals surface area contributed by atoms with Gasteiger partial charge in [-0.15, -0.1) is 0 Å². The van der Waals surface area contributed by atoms with Gasteiger partial charge in [0.2, 0.25) is 0 Å². The van der Waals surface area contributed by atoms with Crippen molar-refractivity contribution in [1.29, 1.82) is 0 Å². The molecule has 0 amide bonds. The summed E-state index contributed by atoms with van der Waals surface area (Å²) in [6, 6.07) is 10.2. The summed E-state index contributed by atoms with van der Waals surface area (Å²) in [5.74, 6) is 0. The van der Waals surface area contributed by atoms with Crippen molar-refractivity contribution < 1.29 is 0 Å². The van der Waals surface area contributed by atoms with Crippen LogP contribution in [0, 0.1) is 13.8 Å². The second kappa shape index (κ2) is 5.96. The first kappa shape index (κ1) is 14.4. The molecule has 2 aromatic rings. The number of nitrogens with one attached hydrogen (secondary N) is 1. The van der Waals surface area contributed by atoms with Crippen LogP contribution >= 0.6 is 23.2 Å². The summed E-state index contributed by atoms with van der Waals surface area (Å²) in [6.07, 6.45) is 0. The molecule has 19 heavy (non-hydrogen) atoms. The molecule has 100 valence electrons. The maximum absolute atomic E-state index is 6.17. The quantitative estimate of drug-likeness (QED) is 0.840. The molecule has 0 aromatic heterocycles. The predicted molar refractivity (Wildman–Crippen MR) is 84.1 cm³/mol. The van der Waals surface area contributed by atoms with E-state index in [4.69, 9.17) is 23.2 Å². The number of hydrogen-bond acceptors (Lipinski definition) is 1. The van der Waals surface area contributed by atoms with Gasteiger partial charge in [0.05, 0.1) is 0 Å². The average Bonchev–Trinajstić information content (AvgIpc) is 2.35. The molecule has 0 fully saturated rings. The molecule has 2 rings (SSSR count). The van der Waals surface area contributed by atoms with Crippen LogP contribution in [0.25, 0.3) is 11.1 Å². The highest BCUT2D eigenvalue weighted by molar-refractivity contribution is 6.31. The molecule has 2 aromatic carbocycles. The smallest absolute Gasteiger partial charge is 0.0438 e. The molecular formula is C16H17Cl2N. The van der Waals surface area contributed by atoms with Crippen molar-refractivity contribution in [3.05, 3.63) is 57.1 Å². The summed E-state index contributed by atoms with van der Waals surface area (Å²) in [5, 5.41) is 4.75. The molecule has 1 N–H and O–H groups in total. The third-order valence-corrected chi connectivity index (χ3v) is 3.87. The Kier molecular flexibility index (Phi) is 4.51. The number of rotatable bonds is 3. The number of aryl methyl sites for hydroxylation is 2. The Hall–Kier alpha value is -1.02. The number of benzene rings is 2. The van der Waals surface area contributed by atoms with Gasteiger partial charge in [0, 0.05) is 16.6 Å². The number of halogens is 2. The predicted octanol–water partition coefficient (Wildman–Crippen LogP) is 5.00. The van der Waals surface area contributed by atoms with Gasteiger partial charge in [-0.1, -0.05) is 29.3 Å². The van der Waals surface area contributed by atoms with Crippen molar-refractivity contribution in [2.24, 2.45) is 0 Å². The van der Waals surface area contributed by atoms with E-state index in [0.717, 1.165) is 22.2 Å². The summed E-state index contributed by atoms with van der Waals surface area (Å²) in [7, 11) is 1.94. The largest absolute Gasteiger partial charge is 0.316 e. The van der Waals surface area contributed by atoms with Gasteiger partial charge in [0.1, 0.15) is 0 Å². The van der Waals surface area contributed by atoms with E-state index >= 15 is 0 Å². The summed E-state index contributed by atoms with van der Waals surface area (Å²) in [6.45, 7) is 4.90. The van der Waals surface area contributed by atoms with Crippen LogP contribution in [0.1, 0.15) is 16.7 Å². The van der Waals surface area contributed by atoms with Crippen LogP contribution in [-0.4, -0.2) is 7.05 Å². The summed E-state index contributed by atoms with van der Waals surface area (Å²) < 4.78 is 0. The first-order valence-electron chi connectivity index (χ1n) is 6.23. The Morgan fingerprint density at radius 1 is 0.947 bits per heavy atom. The molecule has 0 spiro atoms. The second-order valence-corrected chi connectivity index (χ2v) is 5.59. The van der Waals surface area contributed by atoms with Crippen molar-refractivity contribution in [1.82, 2.24) is 5.32 Å². The van der Waals surface area contributed by atoms with Crippen LogP contribution < -0.4 is 5.32 Å². The molecule has 0 saturated heterocycles. The highest BCUT2D eigenvalue weighted by Crippen LogP contribution is 2.32. The van der Waals surface area contributed by atoms with E-state index < -0.39 is 0 Å². The fourth-order valence-electron chi connectivity index (χ4n) is 2.23. The van der Waals surface area contributed by atoms with Gasteiger partial charge in [-0.2, -0.15) is 0 Å². The summed E-state index contributed by atoms with van der Waals surface area (Å²) >= 11 is 12.3. The van der Waals surface area contributed by atoms with Crippen molar-refractivity contribution in [3.8, 4) is 11.1 Å². The molecule has 0 heterocycles. The van der Waals surface area contributed by atoms with Gasteiger partial charge in [-0.25, -0.2) is 0 Å². The van der Waals surface area contributed by atoms with Crippen LogP contribution in [0.5, 0.6) is 0 Å². The van der Waals surface area contributed by atoms with Gasteiger partial charge >= 0.3 is 0 Å². The van der Waals surface area contributed by atoms with E-state index in [1.807, 2.05) is 32.2 Å². The van der Waals surface area contributed by atoms with E-state index in [9.17, 15) is 0 Å². The van der Waals surface area contributed by atoms with E-state index in [1.165, 1.54) is 22.3 Å². The summed E-state index contributed by atoms with van der Waals surface area (Å²) in [4.78, 5) is 0. The monoisotopic (exact) mass is 293 g/mol. The zero-order chi connectivity index (χ0) is 14.0. The van der Waals surface area contributed by atoms with Crippen LogP contribution in [0.2, 0.25) is 10.0 Å². The van der Waals surface area contributed by atoms with Gasteiger partial charge in [-0.05, 0) is 73.0 Å². The number of hydrogen-bond donors (Lipinski definition) is 1. The minimum atomic E-state index is 0.761. The Balaban J connectivity index is 2.61. The lowest BCUT2D eigenvalue weighted by atomic mass is 9.94. The van der Waals surface area contributed by atoms with Gasteiger partial charge < -0.3 is 5.32 Å². The molecule has 3 heteroatoms. The third-order valence-electron chi connectivity index (χ3n) is 3.23. The first-order valence-corrected chi connectivity index (χ1v) is 6.98. The fraction of sp³-hybridized carbons (Fsp3) is 0.250. The Morgan fingerprint density at radius 3 is 2.37 bits per heavy atom. The lowest BCUT2D eigenvalue weighted by Crippen LogP contribution is -2.06. The molecule has 0 radical (unpaired) electrons.